The van der Waals surface area contributed by atoms with E-state index in [1.165, 1.54) is 36.0 Å². The fourth-order valence-electron chi connectivity index (χ4n) is 8.42. The van der Waals surface area contributed by atoms with Crippen LogP contribution in [0.3, 0.4) is 0 Å². The third-order valence-corrected chi connectivity index (χ3v) is 14.1. The molecule has 0 N–H and O–H groups in total. The van der Waals surface area contributed by atoms with Gasteiger partial charge in [0, 0.05) is 62.3 Å². The molecular weight excluding hydrogens is 1000 g/mol. The molecule has 0 amide bonds. The minimum Gasteiger partial charge on any atom is -0.490 e. The monoisotopic (exact) mass is 1060 g/mol. The Labute approximate surface area is 438 Å². The standard InChI is InChI=1S/C53H61Cl2FN6O10S/c1-32-43-33(2)47(55)48(46(32)54)70-39(28-62-16-14-61(6)15-17-62)30-68-38-12-13-40(69-29-37-26-57-27-42(60-37)67-23-22-66-21-20-65-19-18-64-7)35(24-38)25-41(52(63)72-53(3,4)5)71-50-45-44(43)49(73-51(45)59-31-58-50)34-8-10-36(56)11-9-34/h8-13,24,26-27,31,39,41H,14-23,25,28-30H2,1-7H3/t39-,41-/m1/s1. The Bertz CT molecular complexity index is 2820. The summed E-state index contributed by atoms with van der Waals surface area (Å²) in [6.45, 7) is 15.7. The highest BCUT2D eigenvalue weighted by molar-refractivity contribution is 7.22. The van der Waals surface area contributed by atoms with Crippen molar-refractivity contribution >= 4 is 50.7 Å². The van der Waals surface area contributed by atoms with Crippen molar-refractivity contribution in [2.45, 2.75) is 65.5 Å². The lowest BCUT2D eigenvalue weighted by Crippen LogP contribution is -2.49. The van der Waals surface area contributed by atoms with Gasteiger partial charge in [-0.3, -0.25) is 9.88 Å². The van der Waals surface area contributed by atoms with Crippen LogP contribution in [0.1, 0.15) is 43.2 Å². The summed E-state index contributed by atoms with van der Waals surface area (Å²) in [7, 11) is 3.73. The highest BCUT2D eigenvalue weighted by atomic mass is 35.5. The van der Waals surface area contributed by atoms with Crippen molar-refractivity contribution in [1.29, 1.82) is 0 Å². The fraction of sp³-hybridized carbons (Fsp3) is 0.453. The number of thiophene rings is 1. The van der Waals surface area contributed by atoms with Crippen LogP contribution < -0.4 is 23.7 Å². The maximum absolute atomic E-state index is 14.6. The molecule has 16 nitrogen and oxygen atoms in total. The molecular formula is C53H61Cl2FN6O10S. The van der Waals surface area contributed by atoms with E-state index in [9.17, 15) is 9.18 Å². The number of ether oxygens (including phenoxy) is 9. The van der Waals surface area contributed by atoms with Crippen LogP contribution in [0, 0.1) is 19.7 Å². The highest BCUT2D eigenvalue weighted by Gasteiger charge is 2.34. The van der Waals surface area contributed by atoms with Crippen molar-refractivity contribution in [2.24, 2.45) is 0 Å². The van der Waals surface area contributed by atoms with E-state index >= 15 is 0 Å². The van der Waals surface area contributed by atoms with Crippen LogP contribution in [0.25, 0.3) is 31.8 Å². The first-order valence-corrected chi connectivity index (χ1v) is 25.7. The van der Waals surface area contributed by atoms with Gasteiger partial charge in [-0.05, 0) is 94.3 Å². The van der Waals surface area contributed by atoms with E-state index in [1.807, 2.05) is 19.9 Å². The SMILES string of the molecule is COCCOCCOCCOc1cncc(COc2ccc3cc2C[C@H](C(=O)OC(C)(C)C)Oc2ncnc4sc(-c5ccc(F)cc5)c(c24)-c2c(C)c(Cl)c(c(Cl)c2C)O[C@H](CN2CCN(C)CC2)CO3)n1. The highest BCUT2D eigenvalue weighted by Crippen LogP contribution is 2.53. The average molecular weight is 1060 g/mol. The normalized spacial score (nSPS) is 16.6. The summed E-state index contributed by atoms with van der Waals surface area (Å²) >= 11 is 16.2. The molecule has 6 aromatic rings. The molecule has 0 aliphatic carbocycles. The number of hydrogen-bond donors (Lipinski definition) is 0. The number of methoxy groups -OCH3 is 1. The van der Waals surface area contributed by atoms with E-state index in [0.717, 1.165) is 31.1 Å². The number of likely N-dealkylation sites (N-methyl/N-ethyl adjacent to an activating group) is 1. The van der Waals surface area contributed by atoms with Gasteiger partial charge in [-0.25, -0.2) is 24.1 Å². The molecule has 3 aliphatic heterocycles. The summed E-state index contributed by atoms with van der Waals surface area (Å²) in [5, 5.41) is 1.12. The van der Waals surface area contributed by atoms with Crippen molar-refractivity contribution in [1.82, 2.24) is 29.7 Å². The third kappa shape index (κ3) is 13.8. The molecule has 4 bridgehead atoms. The minimum absolute atomic E-state index is 0.0000182. The molecule has 1 fully saturated rings. The van der Waals surface area contributed by atoms with E-state index < -0.39 is 23.8 Å². The van der Waals surface area contributed by atoms with Crippen molar-refractivity contribution in [2.75, 3.05) is 93.1 Å². The van der Waals surface area contributed by atoms with Gasteiger partial charge in [0.1, 0.15) is 65.7 Å². The molecule has 9 rings (SSSR count). The maximum atomic E-state index is 14.6. The number of rotatable bonds is 17. The number of nitrogens with zero attached hydrogens (tertiary/aromatic N) is 6. The van der Waals surface area contributed by atoms with Crippen LogP contribution in [0.2, 0.25) is 10.0 Å². The third-order valence-electron chi connectivity index (χ3n) is 12.1. The summed E-state index contributed by atoms with van der Waals surface area (Å²) < 4.78 is 69.3. The number of esters is 1. The Hall–Kier alpha value is -5.44. The van der Waals surface area contributed by atoms with Gasteiger partial charge in [-0.2, -0.15) is 0 Å². The zero-order valence-electron chi connectivity index (χ0n) is 42.1. The lowest BCUT2D eigenvalue weighted by Gasteiger charge is -2.35. The number of benzene rings is 3. The van der Waals surface area contributed by atoms with Gasteiger partial charge < -0.3 is 47.5 Å². The number of halogens is 3. The van der Waals surface area contributed by atoms with Crippen LogP contribution in [0.15, 0.2) is 61.2 Å². The second-order valence-corrected chi connectivity index (χ2v) is 20.5. The topological polar surface area (TPSA) is 158 Å². The van der Waals surface area contributed by atoms with E-state index in [-0.39, 0.29) is 37.9 Å². The van der Waals surface area contributed by atoms with Crippen LogP contribution in [-0.2, 0) is 36.8 Å². The number of carbonyl (C=O) groups is 1. The second-order valence-electron chi connectivity index (χ2n) is 18.7. The first-order valence-electron chi connectivity index (χ1n) is 24.1. The lowest BCUT2D eigenvalue weighted by atomic mass is 9.92. The van der Waals surface area contributed by atoms with Crippen molar-refractivity contribution < 1.29 is 51.8 Å². The molecule has 0 spiro atoms. The van der Waals surface area contributed by atoms with E-state index in [2.05, 4.69) is 31.8 Å². The predicted octanol–water partition coefficient (Wildman–Crippen LogP) is 9.23. The Morgan fingerprint density at radius 3 is 2.30 bits per heavy atom. The van der Waals surface area contributed by atoms with E-state index in [1.54, 1.807) is 58.3 Å². The minimum atomic E-state index is -1.28. The number of hydrogen-bond acceptors (Lipinski definition) is 17. The predicted molar refractivity (Wildman–Crippen MR) is 277 cm³/mol. The molecule has 6 heterocycles. The number of aromatic nitrogens is 4. The van der Waals surface area contributed by atoms with Crippen LogP contribution in [0.5, 0.6) is 29.0 Å². The largest absolute Gasteiger partial charge is 0.490 e. The number of fused-ring (bicyclic) bond motifs is 7. The molecule has 0 radical (unpaired) electrons. The van der Waals surface area contributed by atoms with Gasteiger partial charge in [0.15, 0.2) is 5.75 Å². The smallest absolute Gasteiger partial charge is 0.348 e. The summed E-state index contributed by atoms with van der Waals surface area (Å²) in [4.78, 5) is 38.8. The molecule has 3 aromatic carbocycles. The zero-order valence-corrected chi connectivity index (χ0v) is 44.5. The molecule has 20 heteroatoms. The molecule has 0 saturated carbocycles. The summed E-state index contributed by atoms with van der Waals surface area (Å²) in [5.41, 5.74) is 3.54. The molecule has 3 aromatic heterocycles. The molecule has 2 atom stereocenters. The van der Waals surface area contributed by atoms with Gasteiger partial charge >= 0.3 is 5.97 Å². The first kappa shape index (κ1) is 53.8. The van der Waals surface area contributed by atoms with Crippen LogP contribution in [0.4, 0.5) is 4.39 Å². The van der Waals surface area contributed by atoms with Gasteiger partial charge in [0.25, 0.3) is 0 Å². The van der Waals surface area contributed by atoms with Crippen LogP contribution in [-0.4, -0.2) is 147 Å². The Morgan fingerprint density at radius 2 is 1.59 bits per heavy atom. The number of carbonyl (C=O) groups excluding carboxylic acids is 1. The average Bonchev–Trinajstić information content (AvgIpc) is 3.75. The lowest BCUT2D eigenvalue weighted by molar-refractivity contribution is -0.163. The fourth-order valence-corrected chi connectivity index (χ4v) is 10.1. The van der Waals surface area contributed by atoms with Gasteiger partial charge in [0.05, 0.1) is 60.9 Å². The summed E-state index contributed by atoms with van der Waals surface area (Å²) in [6.07, 6.45) is 2.62. The molecule has 73 heavy (non-hydrogen) atoms. The molecule has 390 valence electrons. The van der Waals surface area contributed by atoms with Gasteiger partial charge in [-0.15, -0.1) is 11.3 Å². The van der Waals surface area contributed by atoms with Crippen molar-refractivity contribution in [3.63, 3.8) is 0 Å². The first-order chi connectivity index (χ1) is 35.1. The van der Waals surface area contributed by atoms with Crippen molar-refractivity contribution in [3.05, 3.63) is 99.4 Å². The molecule has 3 aliphatic rings. The molecule has 1 saturated heterocycles. The Morgan fingerprint density at radius 1 is 0.877 bits per heavy atom. The van der Waals surface area contributed by atoms with Crippen LogP contribution >= 0.6 is 34.5 Å². The second kappa shape index (κ2) is 24.7. The quantitative estimate of drug-likeness (QED) is 0.0628. The molecule has 0 unspecified atom stereocenters. The van der Waals surface area contributed by atoms with Gasteiger partial charge in [0.2, 0.25) is 17.9 Å². The number of piperazine rings is 1. The summed E-state index contributed by atoms with van der Waals surface area (Å²) in [5.74, 6) is 0.595. The zero-order chi connectivity index (χ0) is 51.6. The Kier molecular flexibility index (Phi) is 18.2. The maximum Gasteiger partial charge on any atom is 0.348 e. The van der Waals surface area contributed by atoms with E-state index in [0.29, 0.717) is 122 Å². The Balaban J connectivity index is 1.19. The van der Waals surface area contributed by atoms with Crippen molar-refractivity contribution in [3.8, 4) is 50.6 Å². The van der Waals surface area contributed by atoms with E-state index in [4.69, 9.17) is 70.8 Å². The van der Waals surface area contributed by atoms with Gasteiger partial charge in [-0.1, -0.05) is 35.3 Å². The summed E-state index contributed by atoms with van der Waals surface area (Å²) in [6, 6.07) is 11.6.